The number of hydrogen-bond acceptors (Lipinski definition) is 3. The molecule has 116 valence electrons. The van der Waals surface area contributed by atoms with Crippen molar-refractivity contribution in [3.8, 4) is 0 Å². The fraction of sp³-hybridized carbons (Fsp3) is 0.909. The van der Waals surface area contributed by atoms with E-state index in [9.17, 15) is 26.4 Å². The van der Waals surface area contributed by atoms with Crippen molar-refractivity contribution in [2.45, 2.75) is 25.4 Å². The van der Waals surface area contributed by atoms with Crippen LogP contribution in [-0.4, -0.2) is 48.8 Å². The largest absolute Gasteiger partial charge is 0.481 e. The van der Waals surface area contributed by atoms with Crippen LogP contribution in [0.5, 0.6) is 0 Å². The second-order valence-corrected chi connectivity index (χ2v) is 7.55. The maximum absolute atomic E-state index is 12.8. The van der Waals surface area contributed by atoms with Crippen molar-refractivity contribution in [1.29, 1.82) is 0 Å². The molecule has 0 aromatic rings. The molecule has 1 saturated carbocycles. The molecule has 20 heavy (non-hydrogen) atoms. The minimum Gasteiger partial charge on any atom is -0.481 e. The Morgan fingerprint density at radius 2 is 1.85 bits per heavy atom. The van der Waals surface area contributed by atoms with Gasteiger partial charge in [-0.2, -0.15) is 13.2 Å². The highest BCUT2D eigenvalue weighted by atomic mass is 32.2. The van der Waals surface area contributed by atoms with Gasteiger partial charge < -0.3 is 5.11 Å². The minimum atomic E-state index is -4.70. The number of carboxylic acid groups (broad SMARTS) is 1. The SMILES string of the molecule is O=C(O)[C@@H]1CN(S(=O)(=O)CCC2CC2)C[C@H]1C(F)(F)F. The summed E-state index contributed by atoms with van der Waals surface area (Å²) in [7, 11) is -3.80. The number of nitrogens with zero attached hydrogens (tertiary/aromatic N) is 1. The number of sulfonamides is 1. The number of carbonyl (C=O) groups is 1. The van der Waals surface area contributed by atoms with Gasteiger partial charge in [0.15, 0.2) is 0 Å². The van der Waals surface area contributed by atoms with Gasteiger partial charge in [-0.05, 0) is 12.3 Å². The summed E-state index contributed by atoms with van der Waals surface area (Å²) in [6.07, 6.45) is -2.35. The summed E-state index contributed by atoms with van der Waals surface area (Å²) in [4.78, 5) is 10.9. The molecule has 5 nitrogen and oxygen atoms in total. The third-order valence-electron chi connectivity index (χ3n) is 3.90. The fourth-order valence-corrected chi connectivity index (χ4v) is 4.09. The van der Waals surface area contributed by atoms with Gasteiger partial charge in [-0.25, -0.2) is 12.7 Å². The predicted octanol–water partition coefficient (Wildman–Crippen LogP) is 1.31. The lowest BCUT2D eigenvalue weighted by Gasteiger charge is -2.18. The van der Waals surface area contributed by atoms with Crippen LogP contribution in [0, 0.1) is 17.8 Å². The van der Waals surface area contributed by atoms with Crippen LogP contribution in [0.2, 0.25) is 0 Å². The second kappa shape index (κ2) is 5.18. The molecular formula is C11H16F3NO4S. The number of carboxylic acids is 1. The van der Waals surface area contributed by atoms with E-state index in [1.165, 1.54) is 0 Å². The monoisotopic (exact) mass is 315 g/mol. The van der Waals surface area contributed by atoms with Crippen LogP contribution in [0.4, 0.5) is 13.2 Å². The van der Waals surface area contributed by atoms with E-state index < -0.39 is 47.1 Å². The van der Waals surface area contributed by atoms with Crippen molar-refractivity contribution in [2.75, 3.05) is 18.8 Å². The van der Waals surface area contributed by atoms with Crippen molar-refractivity contribution < 1.29 is 31.5 Å². The molecule has 1 heterocycles. The van der Waals surface area contributed by atoms with Crippen molar-refractivity contribution in [1.82, 2.24) is 4.31 Å². The molecule has 0 unspecified atom stereocenters. The quantitative estimate of drug-likeness (QED) is 0.830. The summed E-state index contributed by atoms with van der Waals surface area (Å²) in [5, 5.41) is 8.84. The Kier molecular flexibility index (Phi) is 4.03. The van der Waals surface area contributed by atoms with Crippen molar-refractivity contribution in [2.24, 2.45) is 17.8 Å². The molecule has 1 aliphatic carbocycles. The number of rotatable bonds is 5. The van der Waals surface area contributed by atoms with E-state index in [0.717, 1.165) is 12.8 Å². The molecular weight excluding hydrogens is 299 g/mol. The predicted molar refractivity (Wildman–Crippen MR) is 63.4 cm³/mol. The van der Waals surface area contributed by atoms with Crippen LogP contribution in [-0.2, 0) is 14.8 Å². The van der Waals surface area contributed by atoms with Crippen LogP contribution in [0.25, 0.3) is 0 Å². The highest BCUT2D eigenvalue weighted by Gasteiger charge is 2.54. The third-order valence-corrected chi connectivity index (χ3v) is 5.73. The summed E-state index contributed by atoms with van der Waals surface area (Å²) in [6, 6.07) is 0. The van der Waals surface area contributed by atoms with Gasteiger partial charge in [-0.1, -0.05) is 12.8 Å². The molecule has 1 saturated heterocycles. The molecule has 0 aromatic carbocycles. The molecule has 2 rings (SSSR count). The number of hydrogen-bond donors (Lipinski definition) is 1. The number of halogens is 3. The third kappa shape index (κ3) is 3.43. The highest BCUT2D eigenvalue weighted by molar-refractivity contribution is 7.89. The molecule has 1 N–H and O–H groups in total. The van der Waals surface area contributed by atoms with Gasteiger partial charge in [0.05, 0.1) is 17.6 Å². The van der Waals surface area contributed by atoms with Gasteiger partial charge in [0.1, 0.15) is 0 Å². The average molecular weight is 315 g/mol. The molecule has 2 fully saturated rings. The number of alkyl halides is 3. The van der Waals surface area contributed by atoms with Crippen LogP contribution in [0.1, 0.15) is 19.3 Å². The van der Waals surface area contributed by atoms with Crippen molar-refractivity contribution >= 4 is 16.0 Å². The Hall–Kier alpha value is -0.830. The Labute approximate surface area is 114 Å². The van der Waals surface area contributed by atoms with Gasteiger partial charge in [0.25, 0.3) is 0 Å². The number of aliphatic carboxylic acids is 1. The Morgan fingerprint density at radius 3 is 2.25 bits per heavy atom. The Balaban J connectivity index is 2.08. The van der Waals surface area contributed by atoms with Gasteiger partial charge in [0.2, 0.25) is 10.0 Å². The molecule has 0 bridgehead atoms. The summed E-state index contributed by atoms with van der Waals surface area (Å²) in [6.45, 7) is -1.38. The molecule has 0 spiro atoms. The van der Waals surface area contributed by atoms with Crippen LogP contribution in [0.3, 0.4) is 0 Å². The summed E-state index contributed by atoms with van der Waals surface area (Å²) < 4.78 is 62.9. The average Bonchev–Trinajstić information content (AvgIpc) is 2.99. The zero-order chi connectivity index (χ0) is 15.1. The van der Waals surface area contributed by atoms with E-state index in [0.29, 0.717) is 16.6 Å². The maximum Gasteiger partial charge on any atom is 0.393 e. The van der Waals surface area contributed by atoms with Crippen molar-refractivity contribution in [3.05, 3.63) is 0 Å². The Bertz CT molecular complexity index is 486. The van der Waals surface area contributed by atoms with Gasteiger partial charge >= 0.3 is 12.1 Å². The molecule has 2 atom stereocenters. The molecule has 0 amide bonds. The van der Waals surface area contributed by atoms with Crippen LogP contribution in [0.15, 0.2) is 0 Å². The first-order valence-corrected chi connectivity index (χ1v) is 7.99. The first-order valence-electron chi connectivity index (χ1n) is 6.38. The van der Waals surface area contributed by atoms with E-state index in [1.54, 1.807) is 0 Å². The normalized spacial score (nSPS) is 28.8. The van der Waals surface area contributed by atoms with Crippen LogP contribution < -0.4 is 0 Å². The van der Waals surface area contributed by atoms with Gasteiger partial charge in [0, 0.05) is 13.1 Å². The summed E-state index contributed by atoms with van der Waals surface area (Å²) >= 11 is 0. The Morgan fingerprint density at radius 1 is 1.25 bits per heavy atom. The lowest BCUT2D eigenvalue weighted by molar-refractivity contribution is -0.187. The van der Waals surface area contributed by atoms with Gasteiger partial charge in [-0.3, -0.25) is 4.79 Å². The van der Waals surface area contributed by atoms with E-state index in [2.05, 4.69) is 0 Å². The molecule has 1 aliphatic heterocycles. The first-order chi connectivity index (χ1) is 9.11. The zero-order valence-corrected chi connectivity index (χ0v) is 11.5. The van der Waals surface area contributed by atoms with E-state index in [-0.39, 0.29) is 5.75 Å². The van der Waals surface area contributed by atoms with Crippen LogP contribution >= 0.6 is 0 Å². The molecule has 0 radical (unpaired) electrons. The minimum absolute atomic E-state index is 0.200. The molecule has 9 heteroatoms. The smallest absolute Gasteiger partial charge is 0.393 e. The highest BCUT2D eigenvalue weighted by Crippen LogP contribution is 2.39. The van der Waals surface area contributed by atoms with Crippen molar-refractivity contribution in [3.63, 3.8) is 0 Å². The maximum atomic E-state index is 12.8. The lowest BCUT2D eigenvalue weighted by Crippen LogP contribution is -2.34. The fourth-order valence-electron chi connectivity index (χ4n) is 2.43. The topological polar surface area (TPSA) is 74.7 Å². The van der Waals surface area contributed by atoms with E-state index in [4.69, 9.17) is 5.11 Å². The van der Waals surface area contributed by atoms with Gasteiger partial charge in [-0.15, -0.1) is 0 Å². The summed E-state index contributed by atoms with van der Waals surface area (Å²) in [5.74, 6) is -5.30. The zero-order valence-electron chi connectivity index (χ0n) is 10.6. The first kappa shape index (κ1) is 15.6. The molecule has 0 aromatic heterocycles. The summed E-state index contributed by atoms with van der Waals surface area (Å²) in [5.41, 5.74) is 0. The van der Waals surface area contributed by atoms with E-state index >= 15 is 0 Å². The standard InChI is InChI=1S/C11H16F3NO4S/c12-11(13,14)9-6-15(5-8(9)10(16)17)20(18,19)4-3-7-1-2-7/h7-9H,1-6H2,(H,16,17)/t8-,9-/m1/s1. The second-order valence-electron chi connectivity index (χ2n) is 5.46. The van der Waals surface area contributed by atoms with E-state index in [1.807, 2.05) is 0 Å². The lowest BCUT2D eigenvalue weighted by atomic mass is 9.96. The molecule has 2 aliphatic rings.